The van der Waals surface area contributed by atoms with E-state index in [0.717, 1.165) is 19.3 Å². The molecule has 1 aliphatic heterocycles. The number of nitrogens with two attached hydrogens (primary N) is 1. The van der Waals surface area contributed by atoms with Crippen molar-refractivity contribution < 1.29 is 14.3 Å². The average molecular weight is 297 g/mol. The molecular formula is C15H27N3O3. The zero-order chi connectivity index (χ0) is 15.1. The van der Waals surface area contributed by atoms with Crippen molar-refractivity contribution in [2.24, 2.45) is 5.73 Å². The van der Waals surface area contributed by atoms with Gasteiger partial charge in [-0.3, -0.25) is 9.59 Å². The van der Waals surface area contributed by atoms with Gasteiger partial charge >= 0.3 is 0 Å². The average Bonchev–Trinajstić information content (AvgIpc) is 2.97. The van der Waals surface area contributed by atoms with Gasteiger partial charge < -0.3 is 21.1 Å². The summed E-state index contributed by atoms with van der Waals surface area (Å²) in [5, 5.41) is 5.81. The Kier molecular flexibility index (Phi) is 6.45. The lowest BCUT2D eigenvalue weighted by molar-refractivity contribution is -0.132. The molecule has 120 valence electrons. The molecule has 0 spiro atoms. The summed E-state index contributed by atoms with van der Waals surface area (Å²) in [6.07, 6.45) is 7.28. The number of carbonyl (C=O) groups is 2. The smallest absolute Gasteiger partial charge is 0.249 e. The predicted octanol–water partition coefficient (Wildman–Crippen LogP) is 0.448. The van der Waals surface area contributed by atoms with E-state index >= 15 is 0 Å². The van der Waals surface area contributed by atoms with Crippen molar-refractivity contribution in [3.8, 4) is 0 Å². The first-order valence-electron chi connectivity index (χ1n) is 8.11. The van der Waals surface area contributed by atoms with E-state index < -0.39 is 6.10 Å². The number of hydrogen-bond donors (Lipinski definition) is 3. The van der Waals surface area contributed by atoms with Crippen LogP contribution in [0.3, 0.4) is 0 Å². The molecule has 2 fully saturated rings. The summed E-state index contributed by atoms with van der Waals surface area (Å²) in [6.45, 7) is 0.818. The molecule has 2 atom stereocenters. The van der Waals surface area contributed by atoms with E-state index in [-0.39, 0.29) is 17.9 Å². The molecule has 0 aromatic rings. The van der Waals surface area contributed by atoms with Crippen molar-refractivity contribution >= 4 is 11.8 Å². The van der Waals surface area contributed by atoms with E-state index in [1.165, 1.54) is 19.3 Å². The zero-order valence-electron chi connectivity index (χ0n) is 12.6. The van der Waals surface area contributed by atoms with Gasteiger partial charge in [0.15, 0.2) is 0 Å². The van der Waals surface area contributed by atoms with Crippen LogP contribution in [-0.2, 0) is 14.3 Å². The quantitative estimate of drug-likeness (QED) is 0.663. The maximum atomic E-state index is 11.9. The molecular weight excluding hydrogens is 270 g/mol. The van der Waals surface area contributed by atoms with Crippen molar-refractivity contribution in [1.82, 2.24) is 10.6 Å². The molecule has 6 heteroatoms. The van der Waals surface area contributed by atoms with Crippen LogP contribution >= 0.6 is 0 Å². The minimum atomic E-state index is -0.403. The third-order valence-corrected chi connectivity index (χ3v) is 4.28. The third kappa shape index (κ3) is 5.28. The van der Waals surface area contributed by atoms with Gasteiger partial charge in [0, 0.05) is 25.6 Å². The van der Waals surface area contributed by atoms with Crippen LogP contribution in [0.1, 0.15) is 51.4 Å². The molecule has 1 saturated heterocycles. The fourth-order valence-electron chi connectivity index (χ4n) is 3.03. The predicted molar refractivity (Wildman–Crippen MR) is 79.6 cm³/mol. The van der Waals surface area contributed by atoms with Gasteiger partial charge in [-0.2, -0.15) is 0 Å². The molecule has 0 aromatic heterocycles. The SMILES string of the molecule is NC[C@H]1CC[C@@H](C(=O)NCCC(=O)NC2CCCCC2)O1. The fourth-order valence-corrected chi connectivity index (χ4v) is 3.03. The highest BCUT2D eigenvalue weighted by Gasteiger charge is 2.29. The van der Waals surface area contributed by atoms with Crippen molar-refractivity contribution in [3.05, 3.63) is 0 Å². The summed E-state index contributed by atoms with van der Waals surface area (Å²) in [6, 6.07) is 0.324. The van der Waals surface area contributed by atoms with Crippen LogP contribution < -0.4 is 16.4 Å². The highest BCUT2D eigenvalue weighted by Crippen LogP contribution is 2.19. The van der Waals surface area contributed by atoms with Crippen molar-refractivity contribution in [2.75, 3.05) is 13.1 Å². The number of ether oxygens (including phenoxy) is 1. The summed E-state index contributed by atoms with van der Waals surface area (Å²) in [7, 11) is 0. The minimum Gasteiger partial charge on any atom is -0.364 e. The molecule has 2 aliphatic rings. The van der Waals surface area contributed by atoms with Crippen molar-refractivity contribution in [2.45, 2.75) is 69.6 Å². The van der Waals surface area contributed by atoms with Crippen molar-refractivity contribution in [3.63, 3.8) is 0 Å². The Morgan fingerprint density at radius 2 is 1.86 bits per heavy atom. The Bertz CT molecular complexity index is 356. The van der Waals surface area contributed by atoms with Crippen LogP contribution in [0.25, 0.3) is 0 Å². The highest BCUT2D eigenvalue weighted by atomic mass is 16.5. The number of rotatable bonds is 6. The summed E-state index contributed by atoms with van der Waals surface area (Å²) < 4.78 is 5.51. The van der Waals surface area contributed by atoms with Gasteiger partial charge in [-0.05, 0) is 25.7 Å². The number of hydrogen-bond acceptors (Lipinski definition) is 4. The van der Waals surface area contributed by atoms with Gasteiger partial charge in [-0.25, -0.2) is 0 Å². The molecule has 0 unspecified atom stereocenters. The van der Waals surface area contributed by atoms with Gasteiger partial charge in [0.05, 0.1) is 6.10 Å². The first kappa shape index (κ1) is 16.2. The normalized spacial score (nSPS) is 26.5. The van der Waals surface area contributed by atoms with Gasteiger partial charge in [-0.15, -0.1) is 0 Å². The molecule has 4 N–H and O–H groups in total. The van der Waals surface area contributed by atoms with Crippen LogP contribution in [0, 0.1) is 0 Å². The molecule has 2 amide bonds. The Morgan fingerprint density at radius 3 is 2.52 bits per heavy atom. The number of amides is 2. The number of nitrogens with one attached hydrogen (secondary N) is 2. The van der Waals surface area contributed by atoms with E-state index in [1.807, 2.05) is 0 Å². The maximum absolute atomic E-state index is 11.9. The monoisotopic (exact) mass is 297 g/mol. The Morgan fingerprint density at radius 1 is 1.10 bits per heavy atom. The molecule has 0 aromatic carbocycles. The van der Waals surface area contributed by atoms with E-state index in [1.54, 1.807) is 0 Å². The highest BCUT2D eigenvalue weighted by molar-refractivity contribution is 5.82. The summed E-state index contributed by atoms with van der Waals surface area (Å²) in [5.41, 5.74) is 5.52. The Labute approximate surface area is 126 Å². The lowest BCUT2D eigenvalue weighted by atomic mass is 9.95. The summed E-state index contributed by atoms with van der Waals surface area (Å²) in [5.74, 6) is -0.106. The first-order valence-corrected chi connectivity index (χ1v) is 8.11. The molecule has 1 saturated carbocycles. The second-order valence-corrected chi connectivity index (χ2v) is 6.00. The third-order valence-electron chi connectivity index (χ3n) is 4.28. The van der Waals surface area contributed by atoms with Gasteiger partial charge in [0.25, 0.3) is 0 Å². The molecule has 21 heavy (non-hydrogen) atoms. The summed E-state index contributed by atoms with van der Waals surface area (Å²) in [4.78, 5) is 23.7. The molecule has 0 radical (unpaired) electrons. The molecule has 2 rings (SSSR count). The van der Waals surface area contributed by atoms with Crippen LogP contribution in [0.5, 0.6) is 0 Å². The lowest BCUT2D eigenvalue weighted by Gasteiger charge is -2.22. The van der Waals surface area contributed by atoms with Crippen LogP contribution in [0.4, 0.5) is 0 Å². The molecule has 1 aliphatic carbocycles. The van der Waals surface area contributed by atoms with E-state index in [0.29, 0.717) is 32.0 Å². The van der Waals surface area contributed by atoms with E-state index in [4.69, 9.17) is 10.5 Å². The first-order chi connectivity index (χ1) is 10.2. The Balaban J connectivity index is 1.58. The number of carbonyl (C=O) groups excluding carboxylic acids is 2. The fraction of sp³-hybridized carbons (Fsp3) is 0.867. The largest absolute Gasteiger partial charge is 0.364 e. The van der Waals surface area contributed by atoms with Gasteiger partial charge in [-0.1, -0.05) is 19.3 Å². The van der Waals surface area contributed by atoms with Gasteiger partial charge in [0.1, 0.15) is 6.10 Å². The van der Waals surface area contributed by atoms with E-state index in [2.05, 4.69) is 10.6 Å². The van der Waals surface area contributed by atoms with Gasteiger partial charge in [0.2, 0.25) is 11.8 Å². The Hall–Kier alpha value is -1.14. The van der Waals surface area contributed by atoms with Crippen LogP contribution in [-0.4, -0.2) is 43.2 Å². The molecule has 1 heterocycles. The van der Waals surface area contributed by atoms with E-state index in [9.17, 15) is 9.59 Å². The molecule has 0 bridgehead atoms. The second-order valence-electron chi connectivity index (χ2n) is 6.00. The lowest BCUT2D eigenvalue weighted by Crippen LogP contribution is -2.40. The zero-order valence-corrected chi connectivity index (χ0v) is 12.6. The standard InChI is InChI=1S/C15H27N3O3/c16-10-12-6-7-13(21-12)15(20)17-9-8-14(19)18-11-4-2-1-3-5-11/h11-13H,1-10,16H2,(H,17,20)(H,18,19)/t12-,13+/m1/s1. The van der Waals surface area contributed by atoms with Crippen LogP contribution in [0.15, 0.2) is 0 Å². The topological polar surface area (TPSA) is 93.5 Å². The second kappa shape index (κ2) is 8.34. The maximum Gasteiger partial charge on any atom is 0.249 e. The van der Waals surface area contributed by atoms with Crippen LogP contribution in [0.2, 0.25) is 0 Å². The summed E-state index contributed by atoms with van der Waals surface area (Å²) >= 11 is 0. The van der Waals surface area contributed by atoms with Crippen molar-refractivity contribution in [1.29, 1.82) is 0 Å². The minimum absolute atomic E-state index is 0.00431. The molecule has 6 nitrogen and oxygen atoms in total.